The summed E-state index contributed by atoms with van der Waals surface area (Å²) < 4.78 is 5.11. The summed E-state index contributed by atoms with van der Waals surface area (Å²) in [4.78, 5) is 11.3. The van der Waals surface area contributed by atoms with Crippen molar-refractivity contribution in [3.05, 3.63) is 72.3 Å². The summed E-state index contributed by atoms with van der Waals surface area (Å²) in [7, 11) is 0. The lowest BCUT2D eigenvalue weighted by Crippen LogP contribution is -2.06. The van der Waals surface area contributed by atoms with E-state index in [9.17, 15) is 4.79 Å². The normalized spacial score (nSPS) is 10.3. The second-order valence-electron chi connectivity index (χ2n) is 5.75. The van der Waals surface area contributed by atoms with Crippen molar-refractivity contribution in [2.75, 3.05) is 6.61 Å². The fourth-order valence-corrected chi connectivity index (χ4v) is 2.52. The molecule has 0 bridgehead atoms. The van der Waals surface area contributed by atoms with Gasteiger partial charge in [0.25, 0.3) is 0 Å². The van der Waals surface area contributed by atoms with Crippen molar-refractivity contribution in [2.24, 2.45) is 0 Å². The molecule has 0 unspecified atom stereocenters. The number of rotatable bonds is 8. The van der Waals surface area contributed by atoms with Gasteiger partial charge in [0.05, 0.1) is 6.61 Å². The molecule has 120 valence electrons. The summed E-state index contributed by atoms with van der Waals surface area (Å²) in [5.74, 6) is -0.292. The van der Waals surface area contributed by atoms with E-state index in [0.29, 0.717) is 12.2 Å². The number of benzene rings is 2. The molecular weight excluding hydrogens is 284 g/mol. The number of ether oxygens (including phenoxy) is 1. The molecule has 2 aromatic carbocycles. The Hall–Kier alpha value is -2.35. The minimum Gasteiger partial charge on any atom is -0.462 e. The van der Waals surface area contributed by atoms with Crippen LogP contribution in [0.3, 0.4) is 0 Å². The maximum absolute atomic E-state index is 11.3. The van der Waals surface area contributed by atoms with Gasteiger partial charge >= 0.3 is 5.97 Å². The third-order valence-corrected chi connectivity index (χ3v) is 3.77. The Labute approximate surface area is 138 Å². The van der Waals surface area contributed by atoms with E-state index in [1.54, 1.807) is 6.92 Å². The van der Waals surface area contributed by atoms with Crippen molar-refractivity contribution in [1.29, 1.82) is 0 Å². The number of aryl methyl sites for hydroxylation is 1. The van der Waals surface area contributed by atoms with E-state index in [2.05, 4.69) is 55.1 Å². The lowest BCUT2D eigenvalue weighted by atomic mass is 9.96. The zero-order valence-corrected chi connectivity index (χ0v) is 13.8. The molecule has 0 heterocycles. The van der Waals surface area contributed by atoms with Gasteiger partial charge in [-0.15, -0.1) is 0 Å². The Morgan fingerprint density at radius 2 is 1.65 bits per heavy atom. The van der Waals surface area contributed by atoms with Crippen LogP contribution in [0.5, 0.6) is 0 Å². The Kier molecular flexibility index (Phi) is 6.61. The Bertz CT molecular complexity index is 644. The third kappa shape index (κ3) is 5.41. The summed E-state index contributed by atoms with van der Waals surface area (Å²) in [6, 6.07) is 19.0. The topological polar surface area (TPSA) is 26.3 Å². The van der Waals surface area contributed by atoms with Crippen LogP contribution in [0.4, 0.5) is 0 Å². The van der Waals surface area contributed by atoms with Crippen LogP contribution in [0.15, 0.2) is 66.7 Å². The van der Waals surface area contributed by atoms with Gasteiger partial charge in [-0.1, -0.05) is 61.2 Å². The van der Waals surface area contributed by atoms with Crippen LogP contribution in [0.1, 0.15) is 31.7 Å². The number of carbonyl (C=O) groups is 1. The van der Waals surface area contributed by atoms with E-state index in [-0.39, 0.29) is 5.97 Å². The zero-order valence-electron chi connectivity index (χ0n) is 13.8. The summed E-state index contributed by atoms with van der Waals surface area (Å²) in [5, 5.41) is 0. The van der Waals surface area contributed by atoms with Gasteiger partial charge in [-0.2, -0.15) is 0 Å². The first-order chi connectivity index (χ1) is 11.2. The van der Waals surface area contributed by atoms with Crippen molar-refractivity contribution in [3.63, 3.8) is 0 Å². The highest BCUT2D eigenvalue weighted by molar-refractivity contribution is 5.86. The van der Waals surface area contributed by atoms with Crippen molar-refractivity contribution in [3.8, 4) is 11.1 Å². The Balaban J connectivity index is 1.81. The van der Waals surface area contributed by atoms with Crippen molar-refractivity contribution in [1.82, 2.24) is 0 Å². The molecule has 0 fully saturated rings. The molecule has 0 saturated heterocycles. The molecular formula is C21H24O2. The highest BCUT2D eigenvalue weighted by Crippen LogP contribution is 2.24. The number of hydrogen-bond acceptors (Lipinski definition) is 2. The van der Waals surface area contributed by atoms with E-state index in [1.165, 1.54) is 16.7 Å². The van der Waals surface area contributed by atoms with Crippen LogP contribution >= 0.6 is 0 Å². The van der Waals surface area contributed by atoms with Crippen molar-refractivity contribution < 1.29 is 9.53 Å². The molecule has 0 radical (unpaired) electrons. The smallest absolute Gasteiger partial charge is 0.333 e. The van der Waals surface area contributed by atoms with Gasteiger partial charge in [-0.3, -0.25) is 0 Å². The standard InChI is InChI=1S/C21H24O2/c1-17(2)21(22)23-16-10-4-7-13-19-14-8-9-15-20(19)18-11-5-3-6-12-18/h3,5-6,8-9,11-12,14-15H,1,4,7,10,13,16H2,2H3. The fourth-order valence-electron chi connectivity index (χ4n) is 2.52. The van der Waals surface area contributed by atoms with Crippen LogP contribution in [0.25, 0.3) is 11.1 Å². The minimum absolute atomic E-state index is 0.292. The van der Waals surface area contributed by atoms with Gasteiger partial charge in [0.2, 0.25) is 0 Å². The first-order valence-electron chi connectivity index (χ1n) is 8.14. The number of carbonyl (C=O) groups excluding carboxylic acids is 1. The number of unbranched alkanes of at least 4 members (excludes halogenated alkanes) is 2. The van der Waals surface area contributed by atoms with Crippen LogP contribution in [0.2, 0.25) is 0 Å². The van der Waals surface area contributed by atoms with Gasteiger partial charge < -0.3 is 4.74 Å². The highest BCUT2D eigenvalue weighted by atomic mass is 16.5. The molecule has 2 nitrogen and oxygen atoms in total. The van der Waals surface area contributed by atoms with Crippen LogP contribution in [-0.2, 0) is 16.0 Å². The third-order valence-electron chi connectivity index (χ3n) is 3.77. The molecule has 2 aromatic rings. The second-order valence-corrected chi connectivity index (χ2v) is 5.75. The first-order valence-corrected chi connectivity index (χ1v) is 8.14. The molecule has 2 rings (SSSR count). The molecule has 0 aromatic heterocycles. The van der Waals surface area contributed by atoms with Gasteiger partial charge in [0, 0.05) is 5.57 Å². The summed E-state index contributed by atoms with van der Waals surface area (Å²) in [5.41, 5.74) is 4.40. The largest absolute Gasteiger partial charge is 0.462 e. The lowest BCUT2D eigenvalue weighted by Gasteiger charge is -2.10. The van der Waals surface area contributed by atoms with E-state index in [4.69, 9.17) is 4.74 Å². The van der Waals surface area contributed by atoms with Crippen molar-refractivity contribution in [2.45, 2.75) is 32.6 Å². The first kappa shape index (κ1) is 17.0. The number of hydrogen-bond donors (Lipinski definition) is 0. The molecule has 0 spiro atoms. The predicted molar refractivity (Wildman–Crippen MR) is 95.2 cm³/mol. The van der Waals surface area contributed by atoms with Gasteiger partial charge in [0.1, 0.15) is 0 Å². The van der Waals surface area contributed by atoms with Gasteiger partial charge in [0.15, 0.2) is 0 Å². The van der Waals surface area contributed by atoms with Crippen LogP contribution < -0.4 is 0 Å². The molecule has 0 aliphatic carbocycles. The monoisotopic (exact) mass is 308 g/mol. The van der Waals surface area contributed by atoms with Gasteiger partial charge in [-0.05, 0) is 49.3 Å². The van der Waals surface area contributed by atoms with E-state index in [0.717, 1.165) is 25.7 Å². The Morgan fingerprint density at radius 1 is 0.957 bits per heavy atom. The Morgan fingerprint density at radius 3 is 2.39 bits per heavy atom. The number of esters is 1. The second kappa shape index (κ2) is 8.94. The molecule has 0 N–H and O–H groups in total. The zero-order chi connectivity index (χ0) is 16.5. The summed E-state index contributed by atoms with van der Waals surface area (Å²) in [6.45, 7) is 5.72. The average molecular weight is 308 g/mol. The predicted octanol–water partition coefficient (Wildman–Crippen LogP) is 5.19. The average Bonchev–Trinajstić information content (AvgIpc) is 2.58. The van der Waals surface area contributed by atoms with E-state index >= 15 is 0 Å². The summed E-state index contributed by atoms with van der Waals surface area (Å²) >= 11 is 0. The summed E-state index contributed by atoms with van der Waals surface area (Å²) in [6.07, 6.45) is 4.08. The van der Waals surface area contributed by atoms with Crippen LogP contribution in [0, 0.1) is 0 Å². The minimum atomic E-state index is -0.292. The molecule has 23 heavy (non-hydrogen) atoms. The van der Waals surface area contributed by atoms with Crippen molar-refractivity contribution >= 4 is 5.97 Å². The fraction of sp³-hybridized carbons (Fsp3) is 0.286. The molecule has 0 aliphatic rings. The van der Waals surface area contributed by atoms with E-state index < -0.39 is 0 Å². The molecule has 0 amide bonds. The van der Waals surface area contributed by atoms with Gasteiger partial charge in [-0.25, -0.2) is 4.79 Å². The SMILES string of the molecule is C=C(C)C(=O)OCCCCCc1ccccc1-c1ccccc1. The molecule has 0 atom stereocenters. The van der Waals surface area contributed by atoms with E-state index in [1.807, 2.05) is 6.07 Å². The molecule has 2 heteroatoms. The lowest BCUT2D eigenvalue weighted by molar-refractivity contribution is -0.139. The molecule has 0 saturated carbocycles. The van der Waals surface area contributed by atoms with Crippen LogP contribution in [-0.4, -0.2) is 12.6 Å². The maximum atomic E-state index is 11.3. The molecule has 0 aliphatic heterocycles. The maximum Gasteiger partial charge on any atom is 0.333 e. The highest BCUT2D eigenvalue weighted by Gasteiger charge is 2.05. The quantitative estimate of drug-likeness (QED) is 0.381.